The Labute approximate surface area is 113 Å². The smallest absolute Gasteiger partial charge is 0.163 e. The molecule has 0 atom stereocenters. The Morgan fingerprint density at radius 1 is 1.16 bits per heavy atom. The van der Waals surface area contributed by atoms with E-state index in [2.05, 4.69) is 0 Å². The van der Waals surface area contributed by atoms with E-state index in [1.54, 1.807) is 6.07 Å². The molecule has 0 fully saturated rings. The summed E-state index contributed by atoms with van der Waals surface area (Å²) in [5.74, 6) is 1.44. The van der Waals surface area contributed by atoms with Crippen LogP contribution in [-0.4, -0.2) is 32.5 Å². The number of benzene rings is 1. The van der Waals surface area contributed by atoms with Gasteiger partial charge in [0.2, 0.25) is 0 Å². The van der Waals surface area contributed by atoms with E-state index in [0.29, 0.717) is 44.5 Å². The van der Waals surface area contributed by atoms with Crippen molar-refractivity contribution in [1.82, 2.24) is 0 Å². The number of anilines is 1. The van der Waals surface area contributed by atoms with E-state index in [1.165, 1.54) is 0 Å². The first kappa shape index (κ1) is 14.0. The van der Waals surface area contributed by atoms with Crippen LogP contribution < -0.4 is 15.2 Å². The van der Waals surface area contributed by atoms with Gasteiger partial charge in [0.05, 0.1) is 25.9 Å². The van der Waals surface area contributed by atoms with Crippen LogP contribution in [0.3, 0.4) is 0 Å². The number of hydrogen-bond donors (Lipinski definition) is 1. The minimum atomic E-state index is 0.225. The Morgan fingerprint density at radius 3 is 2.53 bits per heavy atom. The molecule has 0 unspecified atom stereocenters. The van der Waals surface area contributed by atoms with Crippen LogP contribution in [0.2, 0.25) is 0 Å². The van der Waals surface area contributed by atoms with E-state index >= 15 is 0 Å². The third-order valence-corrected chi connectivity index (χ3v) is 2.74. The third-order valence-electron chi connectivity index (χ3n) is 2.74. The second kappa shape index (κ2) is 6.63. The molecule has 1 aliphatic heterocycles. The molecule has 5 nitrogen and oxygen atoms in total. The molecule has 1 aromatic carbocycles. The molecule has 0 aromatic heterocycles. The van der Waals surface area contributed by atoms with Crippen LogP contribution in [0.4, 0.5) is 5.69 Å². The Balaban J connectivity index is 1.86. The molecule has 1 heterocycles. The topological polar surface area (TPSA) is 62.9 Å². The second-order valence-electron chi connectivity index (χ2n) is 4.67. The molecule has 2 rings (SSSR count). The maximum absolute atomic E-state index is 5.96. The molecule has 2 N–H and O–H groups in total. The zero-order valence-electron chi connectivity index (χ0n) is 11.5. The van der Waals surface area contributed by atoms with Gasteiger partial charge in [-0.3, -0.25) is 0 Å². The summed E-state index contributed by atoms with van der Waals surface area (Å²) in [5, 5.41) is 0. The van der Waals surface area contributed by atoms with Gasteiger partial charge in [0.1, 0.15) is 13.2 Å². The zero-order valence-corrected chi connectivity index (χ0v) is 11.5. The van der Waals surface area contributed by atoms with Crippen LogP contribution in [0, 0.1) is 0 Å². The molecule has 0 saturated heterocycles. The van der Waals surface area contributed by atoms with E-state index in [-0.39, 0.29) is 6.10 Å². The first-order chi connectivity index (χ1) is 9.16. The number of ether oxygens (including phenoxy) is 4. The van der Waals surface area contributed by atoms with Gasteiger partial charge in [-0.15, -0.1) is 0 Å². The Hall–Kier alpha value is -1.46. The number of hydrogen-bond acceptors (Lipinski definition) is 5. The third kappa shape index (κ3) is 4.01. The van der Waals surface area contributed by atoms with Gasteiger partial charge in [-0.25, -0.2) is 0 Å². The van der Waals surface area contributed by atoms with Crippen molar-refractivity contribution in [1.29, 1.82) is 0 Å². The number of nitrogens with two attached hydrogens (primary N) is 1. The molecule has 0 aliphatic carbocycles. The average Bonchev–Trinajstić information content (AvgIpc) is 2.38. The molecule has 106 valence electrons. The molecule has 0 spiro atoms. The molecule has 0 amide bonds. The summed E-state index contributed by atoms with van der Waals surface area (Å²) in [7, 11) is 0. The van der Waals surface area contributed by atoms with Gasteiger partial charge in [-0.2, -0.15) is 0 Å². The van der Waals surface area contributed by atoms with Crippen molar-refractivity contribution in [2.45, 2.75) is 26.6 Å². The van der Waals surface area contributed by atoms with Crippen molar-refractivity contribution in [3.8, 4) is 11.5 Å². The predicted molar refractivity (Wildman–Crippen MR) is 72.6 cm³/mol. The van der Waals surface area contributed by atoms with Gasteiger partial charge >= 0.3 is 0 Å². The van der Waals surface area contributed by atoms with Crippen LogP contribution in [0.5, 0.6) is 11.5 Å². The molecule has 0 saturated carbocycles. The summed E-state index contributed by atoms with van der Waals surface area (Å²) in [6, 6.07) is 3.67. The van der Waals surface area contributed by atoms with E-state index in [4.69, 9.17) is 24.7 Å². The predicted octanol–water partition coefficient (Wildman–Crippen LogP) is 1.98. The quantitative estimate of drug-likeness (QED) is 0.630. The van der Waals surface area contributed by atoms with Crippen molar-refractivity contribution in [2.24, 2.45) is 0 Å². The van der Waals surface area contributed by atoms with E-state index < -0.39 is 0 Å². The summed E-state index contributed by atoms with van der Waals surface area (Å²) in [6.07, 6.45) is 0.225. The fourth-order valence-corrected chi connectivity index (χ4v) is 1.80. The van der Waals surface area contributed by atoms with Crippen LogP contribution in [0.1, 0.15) is 19.4 Å². The number of fused-ring (bicyclic) bond motifs is 1. The van der Waals surface area contributed by atoms with Crippen LogP contribution >= 0.6 is 0 Å². The Morgan fingerprint density at radius 2 is 1.84 bits per heavy atom. The lowest BCUT2D eigenvalue weighted by atomic mass is 10.1. The first-order valence-corrected chi connectivity index (χ1v) is 6.54. The molecule has 0 bridgehead atoms. The summed E-state index contributed by atoms with van der Waals surface area (Å²) in [5.41, 5.74) is 7.53. The summed E-state index contributed by atoms with van der Waals surface area (Å²) in [6.45, 7) is 6.71. The van der Waals surface area contributed by atoms with Crippen molar-refractivity contribution in [3.05, 3.63) is 17.7 Å². The average molecular weight is 267 g/mol. The van der Waals surface area contributed by atoms with Crippen molar-refractivity contribution in [2.75, 3.05) is 32.2 Å². The summed E-state index contributed by atoms with van der Waals surface area (Å²) >= 11 is 0. The number of nitrogen functional groups attached to an aromatic ring is 1. The lowest BCUT2D eigenvalue weighted by molar-refractivity contribution is 0.0143. The lowest BCUT2D eigenvalue weighted by Gasteiger charge is -2.20. The summed E-state index contributed by atoms with van der Waals surface area (Å²) in [4.78, 5) is 0. The second-order valence-corrected chi connectivity index (χ2v) is 4.67. The molecular formula is C14H21NO4. The monoisotopic (exact) mass is 267 g/mol. The van der Waals surface area contributed by atoms with E-state index in [1.807, 2.05) is 19.9 Å². The van der Waals surface area contributed by atoms with Gasteiger partial charge < -0.3 is 24.7 Å². The lowest BCUT2D eigenvalue weighted by Crippen LogP contribution is -2.16. The molecular weight excluding hydrogens is 246 g/mol. The highest BCUT2D eigenvalue weighted by Gasteiger charge is 2.14. The SMILES string of the molecule is CC(C)OCCOCc1cc2c(cc1N)OCCO2. The first-order valence-electron chi connectivity index (χ1n) is 6.54. The Bertz CT molecular complexity index is 420. The molecule has 0 radical (unpaired) electrons. The zero-order chi connectivity index (χ0) is 13.7. The van der Waals surface area contributed by atoms with Gasteiger partial charge in [0, 0.05) is 17.3 Å². The van der Waals surface area contributed by atoms with Crippen molar-refractivity contribution in [3.63, 3.8) is 0 Å². The van der Waals surface area contributed by atoms with E-state index in [9.17, 15) is 0 Å². The van der Waals surface area contributed by atoms with E-state index in [0.717, 1.165) is 11.3 Å². The van der Waals surface area contributed by atoms with Crippen LogP contribution in [0.25, 0.3) is 0 Å². The highest BCUT2D eigenvalue weighted by molar-refractivity contribution is 5.58. The highest BCUT2D eigenvalue weighted by Crippen LogP contribution is 2.34. The maximum atomic E-state index is 5.96. The summed E-state index contributed by atoms with van der Waals surface area (Å²) < 4.78 is 21.9. The largest absolute Gasteiger partial charge is 0.486 e. The van der Waals surface area contributed by atoms with Crippen molar-refractivity contribution >= 4 is 5.69 Å². The fraction of sp³-hybridized carbons (Fsp3) is 0.571. The minimum Gasteiger partial charge on any atom is -0.486 e. The van der Waals surface area contributed by atoms with Gasteiger partial charge in [-0.1, -0.05) is 0 Å². The Kier molecular flexibility index (Phi) is 4.87. The molecule has 1 aromatic rings. The van der Waals surface area contributed by atoms with Crippen molar-refractivity contribution < 1.29 is 18.9 Å². The molecule has 19 heavy (non-hydrogen) atoms. The molecule has 1 aliphatic rings. The fourth-order valence-electron chi connectivity index (χ4n) is 1.80. The normalized spacial score (nSPS) is 13.8. The van der Waals surface area contributed by atoms with Gasteiger partial charge in [0.25, 0.3) is 0 Å². The standard InChI is InChI=1S/C14H21NO4/c1-10(2)17-4-3-16-9-11-7-13-14(8-12(11)15)19-6-5-18-13/h7-8,10H,3-6,9,15H2,1-2H3. The number of rotatable bonds is 6. The van der Waals surface area contributed by atoms with Crippen LogP contribution in [-0.2, 0) is 16.1 Å². The minimum absolute atomic E-state index is 0.225. The van der Waals surface area contributed by atoms with Crippen LogP contribution in [0.15, 0.2) is 12.1 Å². The van der Waals surface area contributed by atoms with Gasteiger partial charge in [-0.05, 0) is 19.9 Å². The van der Waals surface area contributed by atoms with Gasteiger partial charge in [0.15, 0.2) is 11.5 Å². The highest BCUT2D eigenvalue weighted by atomic mass is 16.6. The maximum Gasteiger partial charge on any atom is 0.163 e. The molecule has 5 heteroatoms.